The van der Waals surface area contributed by atoms with Gasteiger partial charge < -0.3 is 15.0 Å². The summed E-state index contributed by atoms with van der Waals surface area (Å²) < 4.78 is 18.7. The molecule has 3 rings (SSSR count). The van der Waals surface area contributed by atoms with Crippen LogP contribution < -0.4 is 10.1 Å². The Morgan fingerprint density at radius 1 is 1.15 bits per heavy atom. The number of nitrogens with zero attached hydrogens (tertiary/aromatic N) is 2. The molecule has 1 aliphatic heterocycles. The fourth-order valence-corrected chi connectivity index (χ4v) is 4.26. The maximum Gasteiger partial charge on any atom is 0.260 e. The van der Waals surface area contributed by atoms with Crippen molar-refractivity contribution in [2.75, 3.05) is 39.8 Å². The van der Waals surface area contributed by atoms with Gasteiger partial charge in [0, 0.05) is 38.3 Å². The highest BCUT2D eigenvalue weighted by molar-refractivity contribution is 5.80. The van der Waals surface area contributed by atoms with Crippen LogP contribution in [0.3, 0.4) is 0 Å². The first kappa shape index (κ1) is 20.1. The maximum absolute atomic E-state index is 13.0. The highest BCUT2D eigenvalue weighted by atomic mass is 19.1. The molecule has 1 amide bonds. The molecule has 2 aliphatic rings. The second-order valence-electron chi connectivity index (χ2n) is 8.01. The van der Waals surface area contributed by atoms with Crippen molar-refractivity contribution in [2.24, 2.45) is 0 Å². The Bertz CT molecular complexity index is 608. The average Bonchev–Trinajstić information content (AvgIpc) is 2.69. The Hall–Kier alpha value is -1.66. The third-order valence-electron chi connectivity index (χ3n) is 6.05. The molecule has 150 valence electrons. The van der Waals surface area contributed by atoms with Gasteiger partial charge in [0.25, 0.3) is 5.91 Å². The fraction of sp³-hybridized carbons (Fsp3) is 0.667. The predicted molar refractivity (Wildman–Crippen MR) is 104 cm³/mol. The predicted octanol–water partition coefficient (Wildman–Crippen LogP) is 2.66. The molecule has 1 saturated carbocycles. The second kappa shape index (κ2) is 9.02. The molecule has 1 heterocycles. The quantitative estimate of drug-likeness (QED) is 0.828. The van der Waals surface area contributed by atoms with Crippen LogP contribution >= 0.6 is 0 Å². The topological polar surface area (TPSA) is 44.8 Å². The summed E-state index contributed by atoms with van der Waals surface area (Å²) in [6, 6.07) is 5.77. The molecule has 27 heavy (non-hydrogen) atoms. The number of hydrogen-bond acceptors (Lipinski definition) is 4. The van der Waals surface area contributed by atoms with Gasteiger partial charge in [0.15, 0.2) is 6.10 Å². The number of carbonyl (C=O) groups excluding carboxylic acids is 1. The van der Waals surface area contributed by atoms with Crippen LogP contribution in [0.15, 0.2) is 24.3 Å². The smallest absolute Gasteiger partial charge is 0.260 e. The number of amides is 1. The van der Waals surface area contributed by atoms with Crippen LogP contribution in [-0.4, -0.2) is 67.1 Å². The molecule has 0 spiro atoms. The average molecular weight is 378 g/mol. The zero-order chi connectivity index (χ0) is 19.3. The molecule has 0 unspecified atom stereocenters. The summed E-state index contributed by atoms with van der Waals surface area (Å²) in [5.41, 5.74) is 0.0742. The van der Waals surface area contributed by atoms with E-state index in [-0.39, 0.29) is 17.3 Å². The van der Waals surface area contributed by atoms with Crippen molar-refractivity contribution in [3.8, 4) is 5.75 Å². The SMILES string of the molecule is C[C@H](Oc1ccc(F)cc1)C(=O)NCC1(N2CCN(C)CC2)CCCCC1. The summed E-state index contributed by atoms with van der Waals surface area (Å²) in [6.45, 7) is 6.70. The number of benzene rings is 1. The van der Waals surface area contributed by atoms with Crippen molar-refractivity contribution in [1.29, 1.82) is 0 Å². The van der Waals surface area contributed by atoms with E-state index in [2.05, 4.69) is 22.2 Å². The van der Waals surface area contributed by atoms with E-state index in [4.69, 9.17) is 4.74 Å². The molecular formula is C21H32FN3O2. The van der Waals surface area contributed by atoms with Crippen molar-refractivity contribution in [2.45, 2.75) is 50.7 Å². The molecular weight excluding hydrogens is 345 g/mol. The summed E-state index contributed by atoms with van der Waals surface area (Å²) in [5.74, 6) is 0.0785. The molecule has 1 aromatic carbocycles. The highest BCUT2D eigenvalue weighted by Gasteiger charge is 2.39. The minimum atomic E-state index is -0.608. The number of hydrogen-bond donors (Lipinski definition) is 1. The van der Waals surface area contributed by atoms with E-state index in [1.54, 1.807) is 19.1 Å². The number of carbonyl (C=O) groups is 1. The van der Waals surface area contributed by atoms with Crippen LogP contribution in [0.2, 0.25) is 0 Å². The van der Waals surface area contributed by atoms with Crippen LogP contribution in [0.1, 0.15) is 39.0 Å². The van der Waals surface area contributed by atoms with E-state index in [0.29, 0.717) is 12.3 Å². The van der Waals surface area contributed by atoms with Gasteiger partial charge in [-0.3, -0.25) is 9.69 Å². The molecule has 1 saturated heterocycles. The fourth-order valence-electron chi connectivity index (χ4n) is 4.26. The normalized spacial score (nSPS) is 22.2. The number of ether oxygens (including phenoxy) is 1. The Balaban J connectivity index is 1.57. The molecule has 0 radical (unpaired) electrons. The highest BCUT2D eigenvalue weighted by Crippen LogP contribution is 2.34. The van der Waals surface area contributed by atoms with Gasteiger partial charge in [0.1, 0.15) is 11.6 Å². The minimum absolute atomic E-state index is 0.0742. The Morgan fingerprint density at radius 3 is 2.41 bits per heavy atom. The molecule has 2 fully saturated rings. The lowest BCUT2D eigenvalue weighted by Crippen LogP contribution is -2.62. The summed E-state index contributed by atoms with van der Waals surface area (Å²) >= 11 is 0. The number of rotatable bonds is 6. The minimum Gasteiger partial charge on any atom is -0.481 e. The molecule has 1 aliphatic carbocycles. The van der Waals surface area contributed by atoms with Crippen molar-refractivity contribution in [3.63, 3.8) is 0 Å². The van der Waals surface area contributed by atoms with Crippen LogP contribution in [0.4, 0.5) is 4.39 Å². The summed E-state index contributed by atoms with van der Waals surface area (Å²) in [5, 5.41) is 3.14. The van der Waals surface area contributed by atoms with E-state index >= 15 is 0 Å². The second-order valence-corrected chi connectivity index (χ2v) is 8.01. The summed E-state index contributed by atoms with van der Waals surface area (Å²) in [7, 11) is 2.17. The van der Waals surface area contributed by atoms with Crippen molar-refractivity contribution < 1.29 is 13.9 Å². The Kier molecular flexibility index (Phi) is 6.71. The zero-order valence-electron chi connectivity index (χ0n) is 16.5. The van der Waals surface area contributed by atoms with Crippen LogP contribution in [0.25, 0.3) is 0 Å². The van der Waals surface area contributed by atoms with Crippen LogP contribution in [0.5, 0.6) is 5.75 Å². The standard InChI is InChI=1S/C21H32FN3O2/c1-17(27-19-8-6-18(22)7-9-19)20(26)23-16-21(10-4-3-5-11-21)25-14-12-24(2)13-15-25/h6-9,17H,3-5,10-16H2,1-2H3,(H,23,26)/t17-/m0/s1. The molecule has 0 aromatic heterocycles. The first-order valence-corrected chi connectivity index (χ1v) is 10.1. The lowest BCUT2D eigenvalue weighted by molar-refractivity contribution is -0.128. The van der Waals surface area contributed by atoms with Gasteiger partial charge in [-0.05, 0) is 51.1 Å². The van der Waals surface area contributed by atoms with Gasteiger partial charge in [0.05, 0.1) is 0 Å². The van der Waals surface area contributed by atoms with Crippen LogP contribution in [0, 0.1) is 5.82 Å². The number of likely N-dealkylation sites (N-methyl/N-ethyl adjacent to an activating group) is 1. The van der Waals surface area contributed by atoms with Crippen LogP contribution in [-0.2, 0) is 4.79 Å². The first-order valence-electron chi connectivity index (χ1n) is 10.1. The zero-order valence-corrected chi connectivity index (χ0v) is 16.5. The van der Waals surface area contributed by atoms with E-state index in [0.717, 1.165) is 39.0 Å². The number of halogens is 1. The van der Waals surface area contributed by atoms with Crippen molar-refractivity contribution in [3.05, 3.63) is 30.1 Å². The Morgan fingerprint density at radius 2 is 1.78 bits per heavy atom. The van der Waals surface area contributed by atoms with E-state index < -0.39 is 6.10 Å². The van der Waals surface area contributed by atoms with E-state index in [1.165, 1.54) is 31.4 Å². The maximum atomic E-state index is 13.0. The van der Waals surface area contributed by atoms with E-state index in [9.17, 15) is 9.18 Å². The van der Waals surface area contributed by atoms with Gasteiger partial charge in [-0.2, -0.15) is 0 Å². The van der Waals surface area contributed by atoms with Gasteiger partial charge in [-0.15, -0.1) is 0 Å². The first-order chi connectivity index (χ1) is 13.0. The van der Waals surface area contributed by atoms with Gasteiger partial charge >= 0.3 is 0 Å². The molecule has 1 atom stereocenters. The molecule has 1 N–H and O–H groups in total. The molecule has 5 nitrogen and oxygen atoms in total. The third kappa shape index (κ3) is 5.20. The third-order valence-corrected chi connectivity index (χ3v) is 6.05. The summed E-state index contributed by atoms with van der Waals surface area (Å²) in [6.07, 6.45) is 5.42. The Labute approximate surface area is 161 Å². The van der Waals surface area contributed by atoms with Gasteiger partial charge in [-0.1, -0.05) is 19.3 Å². The molecule has 0 bridgehead atoms. The largest absolute Gasteiger partial charge is 0.481 e. The lowest BCUT2D eigenvalue weighted by Gasteiger charge is -2.49. The lowest BCUT2D eigenvalue weighted by atomic mass is 9.79. The molecule has 6 heteroatoms. The monoisotopic (exact) mass is 377 g/mol. The van der Waals surface area contributed by atoms with Gasteiger partial charge in [-0.25, -0.2) is 4.39 Å². The van der Waals surface area contributed by atoms with E-state index in [1.807, 2.05) is 0 Å². The van der Waals surface area contributed by atoms with Crippen molar-refractivity contribution in [1.82, 2.24) is 15.1 Å². The van der Waals surface area contributed by atoms with Crippen molar-refractivity contribution >= 4 is 5.91 Å². The molecule has 1 aromatic rings. The summed E-state index contributed by atoms with van der Waals surface area (Å²) in [4.78, 5) is 17.6. The number of piperazine rings is 1. The van der Waals surface area contributed by atoms with Gasteiger partial charge in [0.2, 0.25) is 0 Å². The number of nitrogens with one attached hydrogen (secondary N) is 1.